The second-order valence-corrected chi connectivity index (χ2v) is 7.84. The summed E-state index contributed by atoms with van der Waals surface area (Å²) in [6.45, 7) is 0. The van der Waals surface area contributed by atoms with Gasteiger partial charge in [-0.3, -0.25) is 0 Å². The highest BCUT2D eigenvalue weighted by Gasteiger charge is 2.46. The fraction of sp³-hybridized carbons (Fsp3) is 0.333. The van der Waals surface area contributed by atoms with Crippen LogP contribution in [0.5, 0.6) is 0 Å². The van der Waals surface area contributed by atoms with Gasteiger partial charge in [0.05, 0.1) is 12.8 Å². The lowest BCUT2D eigenvalue weighted by Gasteiger charge is -2.30. The van der Waals surface area contributed by atoms with Crippen LogP contribution in [0, 0.1) is 11.6 Å². The molecule has 0 amide bonds. The first-order valence-corrected chi connectivity index (χ1v) is 9.17. The Morgan fingerprint density at radius 1 is 0.643 bits per heavy atom. The van der Waals surface area contributed by atoms with Gasteiger partial charge >= 0.3 is 12.4 Å². The molecule has 0 saturated carbocycles. The van der Waals surface area contributed by atoms with Crippen molar-refractivity contribution in [2.75, 3.05) is 0 Å². The summed E-state index contributed by atoms with van der Waals surface area (Å²) in [6.07, 6.45) is -12.9. The van der Waals surface area contributed by atoms with E-state index in [1.807, 2.05) is 0 Å². The third-order valence-corrected chi connectivity index (χ3v) is 5.88. The smallest absolute Gasteiger partial charge is 0.394 e. The van der Waals surface area contributed by atoms with Gasteiger partial charge in [-0.05, 0) is 35.4 Å². The minimum atomic E-state index is -4.82. The van der Waals surface area contributed by atoms with Crippen molar-refractivity contribution in [3.63, 3.8) is 0 Å². The quantitative estimate of drug-likeness (QED) is 0.384. The molecule has 0 aliphatic rings. The molecule has 0 radical (unpaired) electrons. The first-order chi connectivity index (χ1) is 12.9. The molecule has 0 spiro atoms. The summed E-state index contributed by atoms with van der Waals surface area (Å²) in [5.74, 6) is -1.52. The van der Waals surface area contributed by atoms with Gasteiger partial charge in [0.25, 0.3) is 0 Å². The zero-order valence-electron chi connectivity index (χ0n) is 14.0. The standard InChI is InChI=1S/C18H14F8OS/c19-13-5-1-11(2-6-13)15(9-17(21,22)23)28(27)16(10-18(24,25)26)12-3-7-14(20)8-4-12/h1-8,15-16H,9-10H2. The van der Waals surface area contributed by atoms with E-state index < -0.39 is 58.5 Å². The van der Waals surface area contributed by atoms with Gasteiger partial charge in [0, 0.05) is 11.1 Å². The summed E-state index contributed by atoms with van der Waals surface area (Å²) >= 11 is -2.69. The summed E-state index contributed by atoms with van der Waals surface area (Å²) in [4.78, 5) is 0. The van der Waals surface area contributed by atoms with Crippen molar-refractivity contribution in [2.45, 2.75) is 35.7 Å². The summed E-state index contributed by atoms with van der Waals surface area (Å²) in [5.41, 5.74) is -0.405. The predicted octanol–water partition coefficient (Wildman–Crippen LogP) is 6.40. The van der Waals surface area contributed by atoms with Crippen molar-refractivity contribution in [1.82, 2.24) is 0 Å². The van der Waals surface area contributed by atoms with Gasteiger partial charge in [0.2, 0.25) is 0 Å². The number of rotatable bonds is 6. The third-order valence-electron chi connectivity index (χ3n) is 3.88. The number of alkyl halides is 6. The van der Waals surface area contributed by atoms with Gasteiger partial charge in [0.1, 0.15) is 22.1 Å². The first kappa shape index (κ1) is 22.5. The van der Waals surface area contributed by atoms with Gasteiger partial charge in [-0.2, -0.15) is 26.3 Å². The van der Waals surface area contributed by atoms with E-state index in [0.717, 1.165) is 48.5 Å². The Morgan fingerprint density at radius 3 is 1.18 bits per heavy atom. The average molecular weight is 430 g/mol. The Kier molecular flexibility index (Phi) is 6.97. The molecular formula is C18H14F8OS. The first-order valence-electron chi connectivity index (χ1n) is 7.89. The lowest BCUT2D eigenvalue weighted by atomic mass is 10.1. The van der Waals surface area contributed by atoms with Gasteiger partial charge in [0.15, 0.2) is 0 Å². The maximum Gasteiger partial charge on any atom is 0.394 e. The van der Waals surface area contributed by atoms with Crippen molar-refractivity contribution in [3.8, 4) is 0 Å². The van der Waals surface area contributed by atoms with Crippen LogP contribution in [0.1, 0.15) is 34.5 Å². The summed E-state index contributed by atoms with van der Waals surface area (Å²) in [5, 5.41) is -3.70. The van der Waals surface area contributed by atoms with Crippen LogP contribution >= 0.6 is 0 Å². The number of halogens is 8. The third kappa shape index (κ3) is 6.66. The van der Waals surface area contributed by atoms with E-state index >= 15 is 0 Å². The molecule has 0 bridgehead atoms. The van der Waals surface area contributed by atoms with Crippen LogP contribution in [0.3, 0.4) is 0 Å². The van der Waals surface area contributed by atoms with Crippen LogP contribution in [0.25, 0.3) is 0 Å². The van der Waals surface area contributed by atoms with Crippen molar-refractivity contribution in [2.24, 2.45) is 0 Å². The van der Waals surface area contributed by atoms with Crippen LogP contribution in [-0.2, 0) is 11.2 Å². The predicted molar refractivity (Wildman–Crippen MR) is 87.8 cm³/mol. The number of hydrogen-bond acceptors (Lipinski definition) is 1. The minimum absolute atomic E-state index is 0.202. The van der Waals surface area contributed by atoms with Crippen LogP contribution in [0.15, 0.2) is 48.5 Å². The van der Waals surface area contributed by atoms with E-state index in [-0.39, 0.29) is 11.1 Å². The molecule has 0 aliphatic carbocycles. The van der Waals surface area contributed by atoms with Crippen molar-refractivity contribution < 1.29 is 39.7 Å². The Morgan fingerprint density at radius 2 is 0.929 bits per heavy atom. The van der Waals surface area contributed by atoms with Gasteiger partial charge < -0.3 is 4.55 Å². The van der Waals surface area contributed by atoms with Gasteiger partial charge in [-0.1, -0.05) is 24.3 Å². The highest BCUT2D eigenvalue weighted by atomic mass is 32.2. The monoisotopic (exact) mass is 430 g/mol. The van der Waals surface area contributed by atoms with E-state index in [1.54, 1.807) is 0 Å². The van der Waals surface area contributed by atoms with E-state index in [9.17, 15) is 39.7 Å². The molecule has 10 heteroatoms. The van der Waals surface area contributed by atoms with Crippen LogP contribution in [-0.4, -0.2) is 16.9 Å². The Bertz CT molecular complexity index is 690. The van der Waals surface area contributed by atoms with E-state index in [2.05, 4.69) is 0 Å². The topological polar surface area (TPSA) is 23.1 Å². The molecule has 2 rings (SSSR count). The second kappa shape index (κ2) is 8.69. The molecule has 2 aromatic rings. The lowest BCUT2D eigenvalue weighted by Crippen LogP contribution is -2.28. The molecule has 0 heterocycles. The maximum atomic E-state index is 13.1. The number of benzene rings is 2. The van der Waals surface area contributed by atoms with Crippen LogP contribution in [0.4, 0.5) is 35.1 Å². The molecular weight excluding hydrogens is 416 g/mol. The summed E-state index contributed by atoms with van der Waals surface area (Å²) < 4.78 is 117. The van der Waals surface area contributed by atoms with Gasteiger partial charge in [-0.15, -0.1) is 0 Å². The van der Waals surface area contributed by atoms with E-state index in [0.29, 0.717) is 0 Å². The van der Waals surface area contributed by atoms with E-state index in [4.69, 9.17) is 0 Å². The Labute approximate surface area is 158 Å². The molecule has 154 valence electrons. The molecule has 0 saturated heterocycles. The van der Waals surface area contributed by atoms with Crippen molar-refractivity contribution >= 4 is 11.2 Å². The molecule has 2 unspecified atom stereocenters. The molecule has 0 fully saturated rings. The second-order valence-electron chi connectivity index (χ2n) is 6.05. The maximum absolute atomic E-state index is 13.1. The minimum Gasteiger partial charge on any atom is -0.615 e. The molecule has 2 aromatic carbocycles. The fourth-order valence-electron chi connectivity index (χ4n) is 2.64. The Balaban J connectivity index is 2.46. The van der Waals surface area contributed by atoms with Crippen LogP contribution < -0.4 is 0 Å². The molecule has 0 aliphatic heterocycles. The lowest BCUT2D eigenvalue weighted by molar-refractivity contribution is -0.136. The summed E-state index contributed by atoms with van der Waals surface area (Å²) in [7, 11) is 0. The largest absolute Gasteiger partial charge is 0.615 e. The fourth-order valence-corrected chi connectivity index (χ4v) is 4.60. The van der Waals surface area contributed by atoms with Crippen molar-refractivity contribution in [3.05, 3.63) is 71.3 Å². The average Bonchev–Trinajstić information content (AvgIpc) is 2.57. The van der Waals surface area contributed by atoms with Gasteiger partial charge in [-0.25, -0.2) is 8.78 Å². The zero-order valence-corrected chi connectivity index (χ0v) is 14.8. The van der Waals surface area contributed by atoms with Crippen molar-refractivity contribution in [1.29, 1.82) is 0 Å². The SMILES string of the molecule is [O-][S+](C(CC(F)(F)F)c1ccc(F)cc1)C(CC(F)(F)F)c1ccc(F)cc1. The molecule has 0 N–H and O–H groups in total. The highest BCUT2D eigenvalue weighted by molar-refractivity contribution is 7.91. The Hall–Kier alpha value is -1.81. The molecule has 2 atom stereocenters. The highest BCUT2D eigenvalue weighted by Crippen LogP contribution is 2.45. The molecule has 0 aromatic heterocycles. The van der Waals surface area contributed by atoms with E-state index in [1.165, 1.54) is 0 Å². The number of hydrogen-bond donors (Lipinski definition) is 0. The normalized spacial score (nSPS) is 15.9. The van der Waals surface area contributed by atoms with Crippen LogP contribution in [0.2, 0.25) is 0 Å². The zero-order chi connectivity index (χ0) is 21.1. The molecule has 1 nitrogen and oxygen atoms in total. The molecule has 28 heavy (non-hydrogen) atoms. The summed E-state index contributed by atoms with van der Waals surface area (Å²) in [6, 6.07) is 7.19.